The average Bonchev–Trinajstić information content (AvgIpc) is 2.25. The summed E-state index contributed by atoms with van der Waals surface area (Å²) in [4.78, 5) is 2.37. The molecule has 0 aromatic heterocycles. The Morgan fingerprint density at radius 3 is 2.31 bits per heavy atom. The van der Waals surface area contributed by atoms with Crippen molar-refractivity contribution in [3.05, 3.63) is 0 Å². The van der Waals surface area contributed by atoms with Crippen LogP contribution in [0.3, 0.4) is 0 Å². The van der Waals surface area contributed by atoms with E-state index in [2.05, 4.69) is 36.1 Å². The molecule has 0 aromatic rings. The predicted octanol–water partition coefficient (Wildman–Crippen LogP) is 0.831. The van der Waals surface area contributed by atoms with Crippen molar-refractivity contribution in [3.8, 4) is 0 Å². The van der Waals surface area contributed by atoms with Crippen LogP contribution in [0.15, 0.2) is 5.16 Å². The number of nitrogens with one attached hydrogen (secondary N) is 1. The third-order valence-electron chi connectivity index (χ3n) is 2.64. The summed E-state index contributed by atoms with van der Waals surface area (Å²) in [6.45, 7) is 11.7. The maximum absolute atomic E-state index is 8.47. The van der Waals surface area contributed by atoms with E-state index in [4.69, 9.17) is 10.9 Å². The van der Waals surface area contributed by atoms with E-state index in [-0.39, 0.29) is 11.9 Å². The number of hydrogen-bond donors (Lipinski definition) is 3. The number of rotatable bonds is 8. The minimum atomic E-state index is 0.224. The number of hydrogen-bond acceptors (Lipinski definition) is 4. The molecule has 0 radical (unpaired) electrons. The number of amidine groups is 1. The van der Waals surface area contributed by atoms with Gasteiger partial charge in [-0.1, -0.05) is 19.0 Å². The van der Waals surface area contributed by atoms with Crippen molar-refractivity contribution < 1.29 is 5.21 Å². The minimum Gasteiger partial charge on any atom is -0.409 e. The van der Waals surface area contributed by atoms with E-state index in [1.54, 1.807) is 0 Å². The molecule has 0 heterocycles. The fraction of sp³-hybridized carbons (Fsp3) is 0.909. The average molecular weight is 230 g/mol. The minimum absolute atomic E-state index is 0.224. The van der Waals surface area contributed by atoms with E-state index >= 15 is 0 Å². The lowest BCUT2D eigenvalue weighted by Gasteiger charge is -2.26. The Bertz CT molecular complexity index is 204. The van der Waals surface area contributed by atoms with Crippen molar-refractivity contribution in [1.82, 2.24) is 10.2 Å². The van der Waals surface area contributed by atoms with Crippen LogP contribution in [0, 0.1) is 0 Å². The predicted molar refractivity (Wildman–Crippen MR) is 67.9 cm³/mol. The van der Waals surface area contributed by atoms with Crippen molar-refractivity contribution >= 4 is 5.84 Å². The van der Waals surface area contributed by atoms with E-state index in [1.807, 2.05) is 6.92 Å². The maximum atomic E-state index is 8.47. The van der Waals surface area contributed by atoms with Crippen LogP contribution in [-0.4, -0.2) is 47.7 Å². The zero-order valence-corrected chi connectivity index (χ0v) is 10.9. The summed E-state index contributed by atoms with van der Waals surface area (Å²) >= 11 is 0. The first-order chi connectivity index (χ1) is 7.53. The first kappa shape index (κ1) is 15.2. The van der Waals surface area contributed by atoms with Crippen LogP contribution in [0.5, 0.6) is 0 Å². The Hall–Kier alpha value is -0.810. The highest BCUT2D eigenvalue weighted by Crippen LogP contribution is 1.96. The summed E-state index contributed by atoms with van der Waals surface area (Å²) in [5.74, 6) is 0.273. The van der Waals surface area contributed by atoms with E-state index in [9.17, 15) is 0 Å². The summed E-state index contributed by atoms with van der Waals surface area (Å²) in [6, 6.07) is 0.628. The number of nitrogens with two attached hydrogens (primary N) is 1. The second kappa shape index (κ2) is 8.35. The lowest BCUT2D eigenvalue weighted by Crippen LogP contribution is -2.44. The molecule has 0 aliphatic carbocycles. The Morgan fingerprint density at radius 2 is 1.88 bits per heavy atom. The molecular formula is C11H26N4O. The van der Waals surface area contributed by atoms with Crippen LogP contribution in [0.25, 0.3) is 0 Å². The molecular weight excluding hydrogens is 204 g/mol. The van der Waals surface area contributed by atoms with Crippen molar-refractivity contribution in [3.63, 3.8) is 0 Å². The summed E-state index contributed by atoms with van der Waals surface area (Å²) in [7, 11) is 0. The first-order valence-electron chi connectivity index (χ1n) is 5.98. The van der Waals surface area contributed by atoms with Crippen molar-refractivity contribution in [2.75, 3.05) is 19.6 Å². The highest BCUT2D eigenvalue weighted by Gasteiger charge is 2.11. The molecule has 0 saturated heterocycles. The molecule has 0 spiro atoms. The molecule has 4 N–H and O–H groups in total. The van der Waals surface area contributed by atoms with Gasteiger partial charge in [0.1, 0.15) is 5.84 Å². The Labute approximate surface area is 98.7 Å². The van der Waals surface area contributed by atoms with Gasteiger partial charge in [0, 0.05) is 25.0 Å². The molecule has 5 nitrogen and oxygen atoms in total. The van der Waals surface area contributed by atoms with Crippen LogP contribution in [-0.2, 0) is 0 Å². The Morgan fingerprint density at radius 1 is 1.31 bits per heavy atom. The molecule has 0 fully saturated rings. The molecule has 2 atom stereocenters. The van der Waals surface area contributed by atoms with Gasteiger partial charge in [0.2, 0.25) is 0 Å². The van der Waals surface area contributed by atoms with Crippen LogP contribution >= 0.6 is 0 Å². The Balaban J connectivity index is 3.89. The first-order valence-corrected chi connectivity index (χ1v) is 5.98. The van der Waals surface area contributed by atoms with Gasteiger partial charge in [0.05, 0.1) is 0 Å². The molecule has 0 aliphatic rings. The standard InChI is InChI=1S/C11H26N4O/c1-5-15(6-2)8-10(4)13-9(3)7-11(12)14-16/h9-10,13,16H,5-8H2,1-4H3,(H2,12,14). The van der Waals surface area contributed by atoms with Crippen molar-refractivity contribution in [2.45, 2.75) is 46.2 Å². The molecule has 0 amide bonds. The summed E-state index contributed by atoms with van der Waals surface area (Å²) in [5.41, 5.74) is 5.45. The third kappa shape index (κ3) is 6.63. The lowest BCUT2D eigenvalue weighted by atomic mass is 10.2. The van der Waals surface area contributed by atoms with Gasteiger partial charge < -0.3 is 21.2 Å². The van der Waals surface area contributed by atoms with Crippen LogP contribution in [0.4, 0.5) is 0 Å². The molecule has 96 valence electrons. The quantitative estimate of drug-likeness (QED) is 0.250. The monoisotopic (exact) mass is 230 g/mol. The summed E-state index contributed by atoms with van der Waals surface area (Å²) in [5, 5.41) is 14.9. The molecule has 0 aliphatic heterocycles. The normalized spacial score (nSPS) is 16.4. The molecule has 0 saturated carbocycles. The SMILES string of the molecule is CCN(CC)CC(C)NC(C)CC(N)=NO. The number of oxime groups is 1. The number of likely N-dealkylation sites (N-methyl/N-ethyl adjacent to an activating group) is 1. The van der Waals surface area contributed by atoms with E-state index in [0.717, 1.165) is 19.6 Å². The molecule has 0 rings (SSSR count). The van der Waals surface area contributed by atoms with Crippen LogP contribution < -0.4 is 11.1 Å². The Kier molecular flexibility index (Phi) is 7.93. The van der Waals surface area contributed by atoms with Gasteiger partial charge in [0.15, 0.2) is 0 Å². The fourth-order valence-corrected chi connectivity index (χ4v) is 1.82. The molecule has 0 aromatic carbocycles. The third-order valence-corrected chi connectivity index (χ3v) is 2.64. The fourth-order valence-electron chi connectivity index (χ4n) is 1.82. The smallest absolute Gasteiger partial charge is 0.140 e. The van der Waals surface area contributed by atoms with Gasteiger partial charge in [0.25, 0.3) is 0 Å². The molecule has 0 bridgehead atoms. The molecule has 2 unspecified atom stereocenters. The van der Waals surface area contributed by atoms with Crippen molar-refractivity contribution in [1.29, 1.82) is 0 Å². The summed E-state index contributed by atoms with van der Waals surface area (Å²) < 4.78 is 0. The van der Waals surface area contributed by atoms with E-state index < -0.39 is 0 Å². The van der Waals surface area contributed by atoms with Crippen molar-refractivity contribution in [2.24, 2.45) is 10.9 Å². The van der Waals surface area contributed by atoms with E-state index in [1.165, 1.54) is 0 Å². The lowest BCUT2D eigenvalue weighted by molar-refractivity contribution is 0.263. The molecule has 5 heteroatoms. The van der Waals surface area contributed by atoms with E-state index in [0.29, 0.717) is 12.5 Å². The zero-order valence-electron chi connectivity index (χ0n) is 10.9. The summed E-state index contributed by atoms with van der Waals surface area (Å²) in [6.07, 6.45) is 0.569. The topological polar surface area (TPSA) is 73.9 Å². The van der Waals surface area contributed by atoms with Crippen LogP contribution in [0.1, 0.15) is 34.1 Å². The maximum Gasteiger partial charge on any atom is 0.140 e. The number of nitrogens with zero attached hydrogens (tertiary/aromatic N) is 2. The highest BCUT2D eigenvalue weighted by molar-refractivity contribution is 5.80. The van der Waals surface area contributed by atoms with Gasteiger partial charge in [-0.3, -0.25) is 0 Å². The largest absolute Gasteiger partial charge is 0.409 e. The van der Waals surface area contributed by atoms with Gasteiger partial charge in [-0.2, -0.15) is 0 Å². The highest BCUT2D eigenvalue weighted by atomic mass is 16.4. The van der Waals surface area contributed by atoms with Gasteiger partial charge in [-0.25, -0.2) is 0 Å². The van der Waals surface area contributed by atoms with Crippen LogP contribution in [0.2, 0.25) is 0 Å². The van der Waals surface area contributed by atoms with Gasteiger partial charge >= 0.3 is 0 Å². The second-order valence-electron chi connectivity index (χ2n) is 4.25. The van der Waals surface area contributed by atoms with Gasteiger partial charge in [-0.05, 0) is 26.9 Å². The van der Waals surface area contributed by atoms with Gasteiger partial charge in [-0.15, -0.1) is 0 Å². The zero-order chi connectivity index (χ0) is 12.6. The molecule has 16 heavy (non-hydrogen) atoms. The second-order valence-corrected chi connectivity index (χ2v) is 4.25.